The van der Waals surface area contributed by atoms with Gasteiger partial charge in [-0.05, 0) is 24.3 Å². The Morgan fingerprint density at radius 3 is 2.82 bits per heavy atom. The Labute approximate surface area is 203 Å². The summed E-state index contributed by atoms with van der Waals surface area (Å²) in [6.45, 7) is 1.34. The van der Waals surface area contributed by atoms with Crippen molar-refractivity contribution in [2.45, 2.75) is 18.4 Å². The topological polar surface area (TPSA) is 130 Å². The van der Waals surface area contributed by atoms with Gasteiger partial charge in [0.2, 0.25) is 0 Å². The summed E-state index contributed by atoms with van der Waals surface area (Å²) in [6.07, 6.45) is -2.03. The Kier molecular flexibility index (Phi) is 6.21. The number of aliphatic hydroxyl groups excluding tert-OH is 1. The highest BCUT2D eigenvalue weighted by Gasteiger charge is 2.46. The Hall–Kier alpha value is -3.06. The summed E-state index contributed by atoms with van der Waals surface area (Å²) in [7, 11) is 0. The van der Waals surface area contributed by atoms with Crippen molar-refractivity contribution in [3.05, 3.63) is 34.7 Å². The molecule has 1 aromatic heterocycles. The first-order valence-corrected chi connectivity index (χ1v) is 11.7. The summed E-state index contributed by atoms with van der Waals surface area (Å²) in [5, 5.41) is 15.6. The van der Waals surface area contributed by atoms with E-state index in [1.165, 1.54) is 4.90 Å². The highest BCUT2D eigenvalue weighted by Crippen LogP contribution is 2.41. The molecule has 34 heavy (non-hydrogen) atoms. The van der Waals surface area contributed by atoms with Crippen LogP contribution in [-0.4, -0.2) is 74.3 Å². The first-order chi connectivity index (χ1) is 16.4. The van der Waals surface area contributed by atoms with Crippen molar-refractivity contribution in [3.63, 3.8) is 0 Å². The third kappa shape index (κ3) is 4.37. The quantitative estimate of drug-likeness (QED) is 0.528. The van der Waals surface area contributed by atoms with Crippen molar-refractivity contribution in [3.8, 4) is 5.75 Å². The Balaban J connectivity index is 1.23. The second kappa shape index (κ2) is 9.29. The fourth-order valence-electron chi connectivity index (χ4n) is 4.09. The van der Waals surface area contributed by atoms with Gasteiger partial charge in [-0.15, -0.1) is 11.3 Å². The molecule has 2 fully saturated rings. The van der Waals surface area contributed by atoms with Crippen LogP contribution in [0.2, 0.25) is 4.34 Å². The second-order valence-corrected chi connectivity index (χ2v) is 9.55. The Morgan fingerprint density at radius 1 is 1.21 bits per heavy atom. The molecule has 11 nitrogen and oxygen atoms in total. The molecular formula is C21H21ClN4O7S. The molecule has 0 aliphatic carbocycles. The van der Waals surface area contributed by atoms with Crippen molar-refractivity contribution >= 4 is 57.2 Å². The Bertz CT molecular complexity index is 1130. The molecule has 3 N–H and O–H groups in total. The van der Waals surface area contributed by atoms with Gasteiger partial charge in [0, 0.05) is 18.3 Å². The van der Waals surface area contributed by atoms with E-state index in [1.807, 2.05) is 0 Å². The van der Waals surface area contributed by atoms with Crippen LogP contribution in [0.3, 0.4) is 0 Å². The number of rotatable bonds is 4. The zero-order chi connectivity index (χ0) is 23.8. The average Bonchev–Trinajstić information content (AvgIpc) is 3.39. The van der Waals surface area contributed by atoms with E-state index in [4.69, 9.17) is 25.8 Å². The maximum atomic E-state index is 12.6. The molecule has 3 atom stereocenters. The molecule has 4 heterocycles. The van der Waals surface area contributed by atoms with E-state index < -0.39 is 36.3 Å². The zero-order valence-electron chi connectivity index (χ0n) is 17.7. The standard InChI is InChI=1S/C21H21ClN4O7S/c22-16-3-4-17(34-16)24-20(29)19(28)23-8-15-13-9-32-14-7-11(25-5-6-31-10-18(25)27)1-2-12(14)26(13)21(30)33-15/h1-4,7,13,15,18,27H,5-6,8-10H2,(H,23,28)(H,24,29)/t13-,15-,18?/m0/s1. The number of aliphatic hydroxyl groups is 1. The van der Waals surface area contributed by atoms with Crippen LogP contribution in [0.15, 0.2) is 30.3 Å². The lowest BCUT2D eigenvalue weighted by Gasteiger charge is -2.36. The van der Waals surface area contributed by atoms with E-state index in [2.05, 4.69) is 10.6 Å². The van der Waals surface area contributed by atoms with Gasteiger partial charge in [0.1, 0.15) is 24.5 Å². The van der Waals surface area contributed by atoms with Crippen molar-refractivity contribution < 1.29 is 33.7 Å². The van der Waals surface area contributed by atoms with Crippen molar-refractivity contribution in [2.75, 3.05) is 48.0 Å². The van der Waals surface area contributed by atoms with Crippen LogP contribution in [0.25, 0.3) is 0 Å². The molecule has 5 rings (SSSR count). The summed E-state index contributed by atoms with van der Waals surface area (Å²) in [5.41, 5.74) is 1.29. The van der Waals surface area contributed by atoms with Crippen LogP contribution >= 0.6 is 22.9 Å². The van der Waals surface area contributed by atoms with E-state index in [0.29, 0.717) is 33.9 Å². The molecule has 1 unspecified atom stereocenters. The van der Waals surface area contributed by atoms with Crippen molar-refractivity contribution in [2.24, 2.45) is 0 Å². The van der Waals surface area contributed by atoms with Gasteiger partial charge in [0.15, 0.2) is 6.23 Å². The molecule has 3 amide bonds. The van der Waals surface area contributed by atoms with Crippen LogP contribution < -0.4 is 25.2 Å². The van der Waals surface area contributed by atoms with E-state index in [0.717, 1.165) is 17.0 Å². The second-order valence-electron chi connectivity index (χ2n) is 7.84. The third-order valence-electron chi connectivity index (χ3n) is 5.74. The number of benzene rings is 1. The largest absolute Gasteiger partial charge is 0.489 e. The number of thiophene rings is 1. The van der Waals surface area contributed by atoms with Crippen molar-refractivity contribution in [1.29, 1.82) is 0 Å². The zero-order valence-corrected chi connectivity index (χ0v) is 19.3. The first-order valence-electron chi connectivity index (χ1n) is 10.5. The molecule has 0 saturated carbocycles. The van der Waals surface area contributed by atoms with Crippen LogP contribution in [0.4, 0.5) is 21.2 Å². The summed E-state index contributed by atoms with van der Waals surface area (Å²) >= 11 is 6.96. The van der Waals surface area contributed by atoms with Gasteiger partial charge in [-0.2, -0.15) is 0 Å². The van der Waals surface area contributed by atoms with Gasteiger partial charge in [-0.3, -0.25) is 14.5 Å². The number of halogens is 1. The normalized spacial score (nSPS) is 23.5. The van der Waals surface area contributed by atoms with E-state index >= 15 is 0 Å². The molecule has 3 aliphatic rings. The number of nitrogens with zero attached hydrogens (tertiary/aromatic N) is 2. The fraction of sp³-hybridized carbons (Fsp3) is 0.381. The predicted octanol–water partition coefficient (Wildman–Crippen LogP) is 1.40. The number of hydrogen-bond acceptors (Lipinski definition) is 9. The van der Waals surface area contributed by atoms with Crippen LogP contribution in [0.1, 0.15) is 0 Å². The minimum atomic E-state index is -0.857. The predicted molar refractivity (Wildman–Crippen MR) is 124 cm³/mol. The van der Waals surface area contributed by atoms with Crippen LogP contribution in [0, 0.1) is 0 Å². The van der Waals surface area contributed by atoms with Gasteiger partial charge in [-0.1, -0.05) is 11.6 Å². The average molecular weight is 509 g/mol. The number of hydrogen-bond donors (Lipinski definition) is 3. The van der Waals surface area contributed by atoms with Gasteiger partial charge in [-0.25, -0.2) is 4.79 Å². The number of fused-ring (bicyclic) bond motifs is 3. The summed E-state index contributed by atoms with van der Waals surface area (Å²) in [5.74, 6) is -1.21. The number of carbonyl (C=O) groups is 3. The molecular weight excluding hydrogens is 488 g/mol. The van der Waals surface area contributed by atoms with Crippen LogP contribution in [0.5, 0.6) is 5.75 Å². The highest BCUT2D eigenvalue weighted by molar-refractivity contribution is 7.20. The van der Waals surface area contributed by atoms with E-state index in [9.17, 15) is 19.5 Å². The van der Waals surface area contributed by atoms with Gasteiger partial charge in [0.25, 0.3) is 0 Å². The van der Waals surface area contributed by atoms with E-state index in [-0.39, 0.29) is 19.8 Å². The molecule has 1 aromatic carbocycles. The number of cyclic esters (lactones) is 1. The lowest BCUT2D eigenvalue weighted by atomic mass is 10.1. The third-order valence-corrected chi connectivity index (χ3v) is 6.88. The van der Waals surface area contributed by atoms with Gasteiger partial charge < -0.3 is 34.9 Å². The molecule has 2 saturated heterocycles. The number of amides is 3. The van der Waals surface area contributed by atoms with Crippen LogP contribution in [-0.2, 0) is 19.1 Å². The minimum absolute atomic E-state index is 0.0545. The number of morpholine rings is 1. The van der Waals surface area contributed by atoms with Crippen molar-refractivity contribution in [1.82, 2.24) is 5.32 Å². The monoisotopic (exact) mass is 508 g/mol. The lowest BCUT2D eigenvalue weighted by molar-refractivity contribution is -0.136. The number of carbonyl (C=O) groups excluding carboxylic acids is 3. The maximum absolute atomic E-state index is 12.6. The number of anilines is 3. The maximum Gasteiger partial charge on any atom is 0.415 e. The summed E-state index contributed by atoms with van der Waals surface area (Å²) in [4.78, 5) is 40.2. The fourth-order valence-corrected chi connectivity index (χ4v) is 5.03. The lowest BCUT2D eigenvalue weighted by Crippen LogP contribution is -2.49. The molecule has 13 heteroatoms. The summed E-state index contributed by atoms with van der Waals surface area (Å²) < 4.78 is 17.1. The minimum Gasteiger partial charge on any atom is -0.489 e. The Morgan fingerprint density at radius 2 is 2.06 bits per heavy atom. The SMILES string of the molecule is O=C(NC[C@@H]1OC(=O)N2c3ccc(N4CCOCC4O)cc3OC[C@@H]12)C(=O)Nc1ccc(Cl)s1. The van der Waals surface area contributed by atoms with E-state index in [1.54, 1.807) is 35.2 Å². The molecule has 0 spiro atoms. The molecule has 0 bridgehead atoms. The first kappa shape index (κ1) is 22.7. The molecule has 180 valence electrons. The molecule has 2 aromatic rings. The van der Waals surface area contributed by atoms with Gasteiger partial charge >= 0.3 is 17.9 Å². The smallest absolute Gasteiger partial charge is 0.415 e. The highest BCUT2D eigenvalue weighted by atomic mass is 35.5. The number of nitrogens with one attached hydrogen (secondary N) is 2. The molecule has 3 aliphatic heterocycles. The summed E-state index contributed by atoms with van der Waals surface area (Å²) in [6, 6.07) is 8.03. The number of ether oxygens (including phenoxy) is 3. The molecule has 0 radical (unpaired) electrons. The van der Waals surface area contributed by atoms with Gasteiger partial charge in [0.05, 0.1) is 34.8 Å².